The van der Waals surface area contributed by atoms with Crippen LogP contribution in [0.15, 0.2) is 30.6 Å². The molecule has 0 spiro atoms. The third-order valence-corrected chi connectivity index (χ3v) is 6.66. The van der Waals surface area contributed by atoms with Crippen LogP contribution >= 0.6 is 0 Å². The zero-order chi connectivity index (χ0) is 19.6. The molecule has 6 nitrogen and oxygen atoms in total. The first kappa shape index (κ1) is 18.4. The van der Waals surface area contributed by atoms with Crippen LogP contribution < -0.4 is 5.32 Å². The maximum Gasteiger partial charge on any atom is 0.220 e. The Morgan fingerprint density at radius 1 is 1.17 bits per heavy atom. The Kier molecular flexibility index (Phi) is 5.08. The van der Waals surface area contributed by atoms with Gasteiger partial charge in [0.25, 0.3) is 0 Å². The third-order valence-electron chi connectivity index (χ3n) is 6.66. The van der Waals surface area contributed by atoms with Gasteiger partial charge < -0.3 is 9.88 Å². The fraction of sp³-hybridized carbons (Fsp3) is 0.522. The number of hydrogen-bond donors (Lipinski definition) is 2. The summed E-state index contributed by atoms with van der Waals surface area (Å²) < 4.78 is 2.31. The van der Waals surface area contributed by atoms with E-state index in [9.17, 15) is 4.79 Å². The summed E-state index contributed by atoms with van der Waals surface area (Å²) in [5.41, 5.74) is 4.96. The number of rotatable bonds is 5. The number of aromatic nitrogens is 4. The Hall–Kier alpha value is -2.63. The van der Waals surface area contributed by atoms with Crippen molar-refractivity contribution in [3.63, 3.8) is 0 Å². The number of H-pyrrole nitrogens is 1. The molecule has 29 heavy (non-hydrogen) atoms. The molecule has 152 valence electrons. The molecule has 1 fully saturated rings. The second-order valence-corrected chi connectivity index (χ2v) is 8.55. The molecule has 2 aliphatic carbocycles. The minimum absolute atomic E-state index is 0.161. The van der Waals surface area contributed by atoms with Crippen LogP contribution in [0.5, 0.6) is 0 Å². The maximum absolute atomic E-state index is 12.5. The molecule has 4 aliphatic rings. The number of carbonyl (C=O) groups excluding carboxylic acids is 1. The first-order valence-electron chi connectivity index (χ1n) is 11.0. The van der Waals surface area contributed by atoms with Crippen molar-refractivity contribution in [1.29, 1.82) is 0 Å². The van der Waals surface area contributed by atoms with Crippen LogP contribution in [-0.4, -0.2) is 31.7 Å². The predicted molar refractivity (Wildman–Crippen MR) is 112 cm³/mol. The maximum atomic E-state index is 12.5. The molecular weight excluding hydrogens is 362 g/mol. The average molecular weight is 392 g/mol. The second kappa shape index (κ2) is 8.01. The Morgan fingerprint density at radius 2 is 2.03 bits per heavy atom. The lowest BCUT2D eigenvalue weighted by Crippen LogP contribution is -2.38. The Labute approximate surface area is 171 Å². The summed E-state index contributed by atoms with van der Waals surface area (Å²) in [6.45, 7) is 0. The van der Waals surface area contributed by atoms with Crippen LogP contribution in [0.2, 0.25) is 0 Å². The van der Waals surface area contributed by atoms with Crippen LogP contribution in [0, 0.1) is 0 Å². The number of hydrogen-bond acceptors (Lipinski definition) is 3. The highest BCUT2D eigenvalue weighted by atomic mass is 16.1. The quantitative estimate of drug-likeness (QED) is 0.694. The van der Waals surface area contributed by atoms with Gasteiger partial charge in [0.1, 0.15) is 5.82 Å². The largest absolute Gasteiger partial charge is 0.353 e. The molecule has 2 N–H and O–H groups in total. The zero-order valence-electron chi connectivity index (χ0n) is 16.9. The molecule has 0 unspecified atom stereocenters. The lowest BCUT2D eigenvalue weighted by molar-refractivity contribution is -0.122. The predicted octanol–water partition coefficient (Wildman–Crippen LogP) is 3.82. The van der Waals surface area contributed by atoms with Crippen molar-refractivity contribution in [2.45, 2.75) is 76.3 Å². The Balaban J connectivity index is 1.12. The van der Waals surface area contributed by atoms with E-state index >= 15 is 0 Å². The molecule has 0 bridgehead atoms. The SMILES string of the molecule is O=C(CCc1n[nH]c2c1CCCC2)NC1CCC(n2cccc3ccnc2-3)CC1. The van der Waals surface area contributed by atoms with Gasteiger partial charge in [0.05, 0.1) is 5.69 Å². The summed E-state index contributed by atoms with van der Waals surface area (Å²) in [5, 5.41) is 10.9. The molecule has 0 saturated heterocycles. The van der Waals surface area contributed by atoms with Crippen LogP contribution in [0.25, 0.3) is 11.4 Å². The molecule has 3 heterocycles. The molecule has 1 aromatic heterocycles. The Morgan fingerprint density at radius 3 is 2.93 bits per heavy atom. The topological polar surface area (TPSA) is 75.6 Å². The second-order valence-electron chi connectivity index (χ2n) is 8.55. The third kappa shape index (κ3) is 3.80. The van der Waals surface area contributed by atoms with Crippen molar-refractivity contribution in [3.8, 4) is 11.4 Å². The monoisotopic (exact) mass is 391 g/mol. The fourth-order valence-corrected chi connectivity index (χ4v) is 5.07. The van der Waals surface area contributed by atoms with Gasteiger partial charge >= 0.3 is 0 Å². The summed E-state index contributed by atoms with van der Waals surface area (Å²) in [5.74, 6) is 1.23. The summed E-state index contributed by atoms with van der Waals surface area (Å²) in [4.78, 5) is 17.0. The van der Waals surface area contributed by atoms with E-state index < -0.39 is 0 Å². The molecule has 1 saturated carbocycles. The molecule has 0 atom stereocenters. The summed E-state index contributed by atoms with van der Waals surface area (Å²) >= 11 is 0. The average Bonchev–Trinajstić information content (AvgIpc) is 3.40. The number of aryl methyl sites for hydroxylation is 2. The van der Waals surface area contributed by atoms with E-state index in [1.165, 1.54) is 29.7 Å². The van der Waals surface area contributed by atoms with Gasteiger partial charge in [-0.15, -0.1) is 0 Å². The number of amides is 1. The van der Waals surface area contributed by atoms with E-state index in [0.29, 0.717) is 18.5 Å². The molecule has 6 heteroatoms. The minimum atomic E-state index is 0.161. The summed E-state index contributed by atoms with van der Waals surface area (Å²) in [6, 6.07) is 7.04. The molecule has 5 rings (SSSR count). The summed E-state index contributed by atoms with van der Waals surface area (Å²) in [6.07, 6.45) is 14.2. The van der Waals surface area contributed by atoms with Crippen LogP contribution in [0.4, 0.5) is 0 Å². The first-order chi connectivity index (χ1) is 14.3. The van der Waals surface area contributed by atoms with Crippen LogP contribution in [0.3, 0.4) is 0 Å². The number of nitrogens with zero attached hydrogens (tertiary/aromatic N) is 3. The number of fused-ring (bicyclic) bond motifs is 2. The van der Waals surface area contributed by atoms with Crippen molar-refractivity contribution in [1.82, 2.24) is 25.1 Å². The highest BCUT2D eigenvalue weighted by molar-refractivity contribution is 5.76. The molecule has 0 radical (unpaired) electrons. The van der Waals surface area contributed by atoms with Gasteiger partial charge in [0, 0.05) is 48.6 Å². The van der Waals surface area contributed by atoms with E-state index in [4.69, 9.17) is 0 Å². The minimum Gasteiger partial charge on any atom is -0.353 e. The van der Waals surface area contributed by atoms with Gasteiger partial charge in [-0.25, -0.2) is 4.98 Å². The number of carbonyl (C=O) groups is 1. The molecular formula is C23H29N5O. The normalized spacial score (nSPS) is 21.8. The van der Waals surface area contributed by atoms with E-state index in [-0.39, 0.29) is 5.91 Å². The van der Waals surface area contributed by atoms with Crippen molar-refractivity contribution in [2.75, 3.05) is 0 Å². The van der Waals surface area contributed by atoms with Crippen molar-refractivity contribution < 1.29 is 4.79 Å². The van der Waals surface area contributed by atoms with Crippen LogP contribution in [-0.2, 0) is 24.1 Å². The van der Waals surface area contributed by atoms with Gasteiger partial charge in [-0.3, -0.25) is 9.89 Å². The smallest absolute Gasteiger partial charge is 0.220 e. The molecule has 1 amide bonds. The first-order valence-corrected chi connectivity index (χ1v) is 11.0. The number of aromatic amines is 1. The molecule has 1 aromatic rings. The van der Waals surface area contributed by atoms with Crippen molar-refractivity contribution in [2.24, 2.45) is 0 Å². The van der Waals surface area contributed by atoms with Gasteiger partial charge in [-0.1, -0.05) is 0 Å². The van der Waals surface area contributed by atoms with E-state index in [0.717, 1.165) is 56.5 Å². The van der Waals surface area contributed by atoms with Gasteiger partial charge in [0.2, 0.25) is 5.91 Å². The zero-order valence-corrected chi connectivity index (χ0v) is 16.9. The summed E-state index contributed by atoms with van der Waals surface area (Å²) in [7, 11) is 0. The van der Waals surface area contributed by atoms with Gasteiger partial charge in [-0.05, 0) is 75.1 Å². The van der Waals surface area contributed by atoms with Crippen LogP contribution in [0.1, 0.15) is 67.9 Å². The van der Waals surface area contributed by atoms with E-state index in [1.54, 1.807) is 0 Å². The van der Waals surface area contributed by atoms with E-state index in [2.05, 4.69) is 49.5 Å². The van der Waals surface area contributed by atoms with E-state index in [1.807, 2.05) is 6.20 Å². The highest BCUT2D eigenvalue weighted by Crippen LogP contribution is 2.32. The lowest BCUT2D eigenvalue weighted by Gasteiger charge is -2.31. The molecule has 2 aliphatic heterocycles. The number of pyridine rings is 1. The van der Waals surface area contributed by atoms with Gasteiger partial charge in [0.15, 0.2) is 0 Å². The van der Waals surface area contributed by atoms with Crippen molar-refractivity contribution >= 4 is 5.91 Å². The number of nitrogens with one attached hydrogen (secondary N) is 2. The van der Waals surface area contributed by atoms with Gasteiger partial charge in [-0.2, -0.15) is 5.10 Å². The Bertz CT molecular complexity index is 950. The lowest BCUT2D eigenvalue weighted by atomic mass is 9.90. The van der Waals surface area contributed by atoms with Crippen molar-refractivity contribution in [3.05, 3.63) is 47.5 Å². The fourth-order valence-electron chi connectivity index (χ4n) is 5.07. The standard InChI is InChI=1S/C23H29N5O/c29-22(12-11-21-19-5-1-2-6-20(19)26-27-21)25-17-7-9-18(10-8-17)28-15-3-4-16-13-14-24-23(16)28/h3-4,13-15,17-18H,1-2,5-12H2,(H,25,29)(H,26,27). The molecule has 0 aromatic carbocycles. The highest BCUT2D eigenvalue weighted by Gasteiger charge is 2.25.